The summed E-state index contributed by atoms with van der Waals surface area (Å²) in [7, 11) is 0. The van der Waals surface area contributed by atoms with Crippen molar-refractivity contribution < 1.29 is 4.74 Å². The summed E-state index contributed by atoms with van der Waals surface area (Å²) in [5, 5.41) is 0. The molecule has 0 aromatic heterocycles. The van der Waals surface area contributed by atoms with E-state index >= 15 is 0 Å². The topological polar surface area (TPSA) is 38.5 Å². The molecular weight excluding hydrogens is 176 g/mol. The summed E-state index contributed by atoms with van der Waals surface area (Å²) in [6.07, 6.45) is 3.71. The van der Waals surface area contributed by atoms with Gasteiger partial charge in [-0.25, -0.2) is 0 Å². The molecule has 2 unspecified atom stereocenters. The van der Waals surface area contributed by atoms with Crippen molar-refractivity contribution in [2.24, 2.45) is 11.7 Å². The summed E-state index contributed by atoms with van der Waals surface area (Å²) in [4.78, 5) is 2.63. The van der Waals surface area contributed by atoms with Crippen LogP contribution in [-0.4, -0.2) is 43.3 Å². The first-order valence-electron chi connectivity index (χ1n) is 5.86. The molecule has 0 saturated carbocycles. The summed E-state index contributed by atoms with van der Waals surface area (Å²) in [6, 6.07) is 1.36. The van der Waals surface area contributed by atoms with Gasteiger partial charge in [0, 0.05) is 31.8 Å². The largest absolute Gasteiger partial charge is 0.381 e. The first-order valence-corrected chi connectivity index (χ1v) is 5.86. The molecule has 0 amide bonds. The minimum atomic E-state index is 0.623. The SMILES string of the molecule is CC1CCN(C2CCOCC2)C1CN. The predicted octanol–water partition coefficient (Wildman–Crippen LogP) is 0.835. The standard InChI is InChI=1S/C11H22N2O/c1-9-2-5-13(11(9)8-12)10-3-6-14-7-4-10/h9-11H,2-8,12H2,1H3. The van der Waals surface area contributed by atoms with Gasteiger partial charge in [0.25, 0.3) is 0 Å². The number of hydrogen-bond donors (Lipinski definition) is 1. The average molecular weight is 198 g/mol. The van der Waals surface area contributed by atoms with Crippen LogP contribution in [-0.2, 0) is 4.74 Å². The summed E-state index contributed by atoms with van der Waals surface area (Å²) in [5.74, 6) is 0.780. The molecule has 2 atom stereocenters. The van der Waals surface area contributed by atoms with Crippen LogP contribution in [0.4, 0.5) is 0 Å². The van der Waals surface area contributed by atoms with E-state index in [-0.39, 0.29) is 0 Å². The Morgan fingerprint density at radius 2 is 2.00 bits per heavy atom. The Morgan fingerprint density at radius 1 is 1.29 bits per heavy atom. The first-order chi connectivity index (χ1) is 6.83. The lowest BCUT2D eigenvalue weighted by Crippen LogP contribution is -2.46. The van der Waals surface area contributed by atoms with E-state index in [1.165, 1.54) is 25.8 Å². The van der Waals surface area contributed by atoms with Crippen LogP contribution in [0.1, 0.15) is 26.2 Å². The van der Waals surface area contributed by atoms with Gasteiger partial charge in [-0.05, 0) is 31.7 Å². The second-order valence-corrected chi connectivity index (χ2v) is 4.65. The van der Waals surface area contributed by atoms with Crippen molar-refractivity contribution in [1.82, 2.24) is 4.90 Å². The van der Waals surface area contributed by atoms with Gasteiger partial charge in [0.1, 0.15) is 0 Å². The first kappa shape index (κ1) is 10.4. The van der Waals surface area contributed by atoms with Crippen LogP contribution in [0.3, 0.4) is 0 Å². The zero-order chi connectivity index (χ0) is 9.97. The monoisotopic (exact) mass is 198 g/mol. The molecule has 14 heavy (non-hydrogen) atoms. The zero-order valence-electron chi connectivity index (χ0n) is 9.11. The van der Waals surface area contributed by atoms with Crippen molar-refractivity contribution >= 4 is 0 Å². The highest BCUT2D eigenvalue weighted by Gasteiger charge is 2.34. The Balaban J connectivity index is 1.95. The summed E-state index contributed by atoms with van der Waals surface area (Å²) in [6.45, 7) is 6.27. The Hall–Kier alpha value is -0.120. The lowest BCUT2D eigenvalue weighted by atomic mass is 10.0. The molecule has 0 aliphatic carbocycles. The molecule has 2 saturated heterocycles. The molecule has 2 rings (SSSR count). The van der Waals surface area contributed by atoms with Crippen molar-refractivity contribution in [3.05, 3.63) is 0 Å². The third-order valence-electron chi connectivity index (χ3n) is 3.83. The van der Waals surface area contributed by atoms with Crippen LogP contribution in [0.25, 0.3) is 0 Å². The molecule has 2 fully saturated rings. The van der Waals surface area contributed by atoms with E-state index < -0.39 is 0 Å². The van der Waals surface area contributed by atoms with Gasteiger partial charge in [0.15, 0.2) is 0 Å². The van der Waals surface area contributed by atoms with Crippen molar-refractivity contribution in [2.75, 3.05) is 26.3 Å². The Bertz CT molecular complexity index is 180. The molecule has 3 heteroatoms. The van der Waals surface area contributed by atoms with Crippen LogP contribution >= 0.6 is 0 Å². The second kappa shape index (κ2) is 4.60. The lowest BCUT2D eigenvalue weighted by molar-refractivity contribution is 0.0277. The van der Waals surface area contributed by atoms with Crippen LogP contribution in [0.15, 0.2) is 0 Å². The van der Waals surface area contributed by atoms with Gasteiger partial charge in [-0.2, -0.15) is 0 Å². The molecular formula is C11H22N2O. The molecule has 0 aromatic rings. The maximum absolute atomic E-state index is 5.85. The van der Waals surface area contributed by atoms with Gasteiger partial charge in [0.2, 0.25) is 0 Å². The van der Waals surface area contributed by atoms with Crippen LogP contribution < -0.4 is 5.73 Å². The van der Waals surface area contributed by atoms with E-state index in [0.717, 1.165) is 31.7 Å². The minimum absolute atomic E-state index is 0.623. The van der Waals surface area contributed by atoms with Crippen molar-refractivity contribution in [2.45, 2.75) is 38.3 Å². The van der Waals surface area contributed by atoms with E-state index in [1.54, 1.807) is 0 Å². The molecule has 82 valence electrons. The number of rotatable bonds is 2. The van der Waals surface area contributed by atoms with E-state index in [1.807, 2.05) is 0 Å². The van der Waals surface area contributed by atoms with Gasteiger partial charge in [0.05, 0.1) is 0 Å². The van der Waals surface area contributed by atoms with Crippen molar-refractivity contribution in [3.63, 3.8) is 0 Å². The number of ether oxygens (including phenoxy) is 1. The van der Waals surface area contributed by atoms with E-state index in [2.05, 4.69) is 11.8 Å². The van der Waals surface area contributed by atoms with Gasteiger partial charge in [-0.3, -0.25) is 4.90 Å². The van der Waals surface area contributed by atoms with Gasteiger partial charge in [-0.1, -0.05) is 6.92 Å². The average Bonchev–Trinajstić information content (AvgIpc) is 2.61. The second-order valence-electron chi connectivity index (χ2n) is 4.65. The number of nitrogens with two attached hydrogens (primary N) is 1. The highest BCUT2D eigenvalue weighted by Crippen LogP contribution is 2.28. The fourth-order valence-electron chi connectivity index (χ4n) is 2.88. The van der Waals surface area contributed by atoms with Gasteiger partial charge in [-0.15, -0.1) is 0 Å². The van der Waals surface area contributed by atoms with E-state index in [9.17, 15) is 0 Å². The number of hydrogen-bond acceptors (Lipinski definition) is 3. The maximum Gasteiger partial charge on any atom is 0.0480 e. The zero-order valence-corrected chi connectivity index (χ0v) is 9.11. The maximum atomic E-state index is 5.85. The third kappa shape index (κ3) is 1.95. The van der Waals surface area contributed by atoms with Gasteiger partial charge >= 0.3 is 0 Å². The number of nitrogens with zero attached hydrogens (tertiary/aromatic N) is 1. The van der Waals surface area contributed by atoms with Crippen molar-refractivity contribution in [3.8, 4) is 0 Å². The fraction of sp³-hybridized carbons (Fsp3) is 1.00. The predicted molar refractivity (Wildman–Crippen MR) is 57.2 cm³/mol. The molecule has 2 N–H and O–H groups in total. The normalized spacial score (nSPS) is 36.4. The number of likely N-dealkylation sites (tertiary alicyclic amines) is 1. The highest BCUT2D eigenvalue weighted by atomic mass is 16.5. The van der Waals surface area contributed by atoms with Crippen LogP contribution in [0.5, 0.6) is 0 Å². The molecule has 0 bridgehead atoms. The minimum Gasteiger partial charge on any atom is -0.381 e. The summed E-state index contributed by atoms with van der Waals surface area (Å²) >= 11 is 0. The fourth-order valence-corrected chi connectivity index (χ4v) is 2.88. The molecule has 3 nitrogen and oxygen atoms in total. The summed E-state index contributed by atoms with van der Waals surface area (Å²) < 4.78 is 5.40. The molecule has 0 aromatic carbocycles. The Labute approximate surface area is 86.6 Å². The smallest absolute Gasteiger partial charge is 0.0480 e. The highest BCUT2D eigenvalue weighted by molar-refractivity contribution is 4.90. The summed E-state index contributed by atoms with van der Waals surface area (Å²) in [5.41, 5.74) is 5.85. The van der Waals surface area contributed by atoms with E-state index in [4.69, 9.17) is 10.5 Å². The van der Waals surface area contributed by atoms with Crippen LogP contribution in [0.2, 0.25) is 0 Å². The van der Waals surface area contributed by atoms with Crippen LogP contribution in [0, 0.1) is 5.92 Å². The molecule has 0 spiro atoms. The lowest BCUT2D eigenvalue weighted by Gasteiger charge is -2.36. The molecule has 2 aliphatic heterocycles. The van der Waals surface area contributed by atoms with E-state index in [0.29, 0.717) is 6.04 Å². The molecule has 2 heterocycles. The Kier molecular flexibility index (Phi) is 3.42. The molecule has 0 radical (unpaired) electrons. The van der Waals surface area contributed by atoms with Crippen molar-refractivity contribution in [1.29, 1.82) is 0 Å². The third-order valence-corrected chi connectivity index (χ3v) is 3.83. The van der Waals surface area contributed by atoms with Gasteiger partial charge < -0.3 is 10.5 Å². The Morgan fingerprint density at radius 3 is 2.64 bits per heavy atom. The quantitative estimate of drug-likeness (QED) is 0.714. The molecule has 2 aliphatic rings.